The maximum Gasteiger partial charge on any atom is 0.405 e. The minimum Gasteiger partial charge on any atom is -0.481 e. The number of piperidine rings is 1. The van der Waals surface area contributed by atoms with Crippen LogP contribution in [0, 0.1) is 5.41 Å². The second-order valence-electron chi connectivity index (χ2n) is 5.11. The van der Waals surface area contributed by atoms with Gasteiger partial charge >= 0.3 is 12.1 Å². The van der Waals surface area contributed by atoms with Crippen molar-refractivity contribution >= 4 is 11.9 Å². The lowest BCUT2D eigenvalue weighted by Gasteiger charge is -2.37. The van der Waals surface area contributed by atoms with Gasteiger partial charge < -0.3 is 10.4 Å². The van der Waals surface area contributed by atoms with Gasteiger partial charge in [-0.1, -0.05) is 6.92 Å². The molecule has 1 rings (SSSR count). The largest absolute Gasteiger partial charge is 0.481 e. The summed E-state index contributed by atoms with van der Waals surface area (Å²) >= 11 is 0. The first-order valence-corrected chi connectivity index (χ1v) is 6.48. The van der Waals surface area contributed by atoms with Crippen LogP contribution >= 0.6 is 0 Å². The average molecular weight is 296 g/mol. The topological polar surface area (TPSA) is 69.6 Å². The summed E-state index contributed by atoms with van der Waals surface area (Å²) in [4.78, 5) is 24.3. The quantitative estimate of drug-likeness (QED) is 0.801. The zero-order valence-corrected chi connectivity index (χ0v) is 11.3. The number of alkyl halides is 3. The number of halogens is 3. The number of hydrogen-bond acceptors (Lipinski definition) is 3. The zero-order chi connectivity index (χ0) is 15.4. The molecule has 1 heterocycles. The number of carboxylic acids is 1. The molecule has 1 fully saturated rings. The molecule has 0 aliphatic carbocycles. The summed E-state index contributed by atoms with van der Waals surface area (Å²) < 4.78 is 35.8. The fraction of sp³-hybridized carbons (Fsp3) is 0.833. The van der Waals surface area contributed by atoms with E-state index in [2.05, 4.69) is 0 Å². The fourth-order valence-corrected chi connectivity index (χ4v) is 2.32. The van der Waals surface area contributed by atoms with Crippen molar-refractivity contribution in [2.24, 2.45) is 5.41 Å². The highest BCUT2D eigenvalue weighted by Gasteiger charge is 2.40. The molecule has 2 N–H and O–H groups in total. The maximum absolute atomic E-state index is 11.9. The van der Waals surface area contributed by atoms with E-state index in [1.54, 1.807) is 17.1 Å². The third-order valence-electron chi connectivity index (χ3n) is 3.80. The predicted molar refractivity (Wildman–Crippen MR) is 65.1 cm³/mol. The van der Waals surface area contributed by atoms with E-state index in [9.17, 15) is 27.9 Å². The van der Waals surface area contributed by atoms with E-state index in [1.165, 1.54) is 0 Å². The molecule has 116 valence electrons. The van der Waals surface area contributed by atoms with Crippen molar-refractivity contribution in [1.29, 1.82) is 0 Å². The Morgan fingerprint density at radius 3 is 2.25 bits per heavy atom. The van der Waals surface area contributed by atoms with Gasteiger partial charge in [0.05, 0.1) is 12.0 Å². The van der Waals surface area contributed by atoms with Gasteiger partial charge in [0.1, 0.15) is 6.54 Å². The maximum atomic E-state index is 11.9. The molecule has 1 amide bonds. The molecule has 1 saturated heterocycles. The number of carbonyl (C=O) groups excluding carboxylic acids is 1. The van der Waals surface area contributed by atoms with Gasteiger partial charge in [-0.2, -0.15) is 13.2 Å². The molecule has 0 radical (unpaired) electrons. The van der Waals surface area contributed by atoms with Gasteiger partial charge in [-0.3, -0.25) is 14.5 Å². The first kappa shape index (κ1) is 16.7. The lowest BCUT2D eigenvalue weighted by Crippen LogP contribution is -2.48. The van der Waals surface area contributed by atoms with Gasteiger partial charge in [0.15, 0.2) is 0 Å². The van der Waals surface area contributed by atoms with Crippen LogP contribution in [-0.2, 0) is 9.59 Å². The van der Waals surface area contributed by atoms with Crippen molar-refractivity contribution < 1.29 is 27.9 Å². The molecular formula is C12H19F3N2O3. The Morgan fingerprint density at radius 2 is 1.85 bits per heavy atom. The Labute approximate surface area is 115 Å². The van der Waals surface area contributed by atoms with E-state index in [0.717, 1.165) is 0 Å². The molecular weight excluding hydrogens is 277 g/mol. The van der Waals surface area contributed by atoms with Crippen molar-refractivity contribution in [2.75, 3.05) is 26.2 Å². The van der Waals surface area contributed by atoms with Crippen LogP contribution in [0.5, 0.6) is 0 Å². The number of hydrogen-bond donors (Lipinski definition) is 2. The van der Waals surface area contributed by atoms with Crippen molar-refractivity contribution in [3.05, 3.63) is 0 Å². The van der Waals surface area contributed by atoms with Crippen LogP contribution in [-0.4, -0.2) is 54.2 Å². The van der Waals surface area contributed by atoms with Crippen LogP contribution in [0.4, 0.5) is 13.2 Å². The first-order valence-electron chi connectivity index (χ1n) is 6.48. The van der Waals surface area contributed by atoms with E-state index in [4.69, 9.17) is 0 Å². The van der Waals surface area contributed by atoms with Gasteiger partial charge in [0.2, 0.25) is 5.91 Å². The number of amides is 1. The summed E-state index contributed by atoms with van der Waals surface area (Å²) in [6.07, 6.45) is -3.09. The molecule has 0 spiro atoms. The molecule has 0 aromatic rings. The number of nitrogens with one attached hydrogen (secondary N) is 1. The highest BCUT2D eigenvalue weighted by Crippen LogP contribution is 2.34. The molecule has 1 aliphatic rings. The molecule has 0 aromatic carbocycles. The minimum absolute atomic E-state index is 0.129. The third kappa shape index (κ3) is 4.66. The van der Waals surface area contributed by atoms with E-state index in [1.807, 2.05) is 0 Å². The molecule has 0 unspecified atom stereocenters. The number of nitrogens with zero attached hydrogens (tertiary/aromatic N) is 1. The second-order valence-corrected chi connectivity index (χ2v) is 5.11. The van der Waals surface area contributed by atoms with Gasteiger partial charge in [-0.25, -0.2) is 0 Å². The Bertz CT molecular complexity index is 363. The Kier molecular flexibility index (Phi) is 5.38. The van der Waals surface area contributed by atoms with E-state index >= 15 is 0 Å². The smallest absolute Gasteiger partial charge is 0.405 e. The fourth-order valence-electron chi connectivity index (χ4n) is 2.32. The van der Waals surface area contributed by atoms with Crippen molar-refractivity contribution in [3.8, 4) is 0 Å². The van der Waals surface area contributed by atoms with Crippen LogP contribution in [0.2, 0.25) is 0 Å². The standard InChI is InChI=1S/C12H19F3N2O3/c1-2-11(10(19)20)3-5-17(6-4-11)7-9(18)16-8-12(13,14)15/h2-8H2,1H3,(H,16,18)(H,19,20). The summed E-state index contributed by atoms with van der Waals surface area (Å²) in [5.74, 6) is -1.54. The number of rotatable bonds is 5. The van der Waals surface area contributed by atoms with E-state index in [-0.39, 0.29) is 6.54 Å². The van der Waals surface area contributed by atoms with Gasteiger partial charge in [0, 0.05) is 0 Å². The van der Waals surface area contributed by atoms with E-state index < -0.39 is 30.0 Å². The Hall–Kier alpha value is -1.31. The first-order chi connectivity index (χ1) is 9.18. The normalized spacial score (nSPS) is 19.6. The zero-order valence-electron chi connectivity index (χ0n) is 11.3. The van der Waals surface area contributed by atoms with Crippen molar-refractivity contribution in [1.82, 2.24) is 10.2 Å². The number of aliphatic carboxylic acids is 1. The van der Waals surface area contributed by atoms with Crippen LogP contribution in [0.1, 0.15) is 26.2 Å². The number of likely N-dealkylation sites (tertiary alicyclic amines) is 1. The number of carboxylic acid groups (broad SMARTS) is 1. The van der Waals surface area contributed by atoms with Gasteiger partial charge in [-0.15, -0.1) is 0 Å². The van der Waals surface area contributed by atoms with E-state index in [0.29, 0.717) is 32.4 Å². The predicted octanol–water partition coefficient (Wildman–Crippen LogP) is 1.24. The summed E-state index contributed by atoms with van der Waals surface area (Å²) in [6, 6.07) is 0. The van der Waals surface area contributed by atoms with Crippen molar-refractivity contribution in [2.45, 2.75) is 32.4 Å². The summed E-state index contributed by atoms with van der Waals surface area (Å²) in [7, 11) is 0. The van der Waals surface area contributed by atoms with Gasteiger partial charge in [-0.05, 0) is 32.4 Å². The lowest BCUT2D eigenvalue weighted by molar-refractivity contribution is -0.152. The van der Waals surface area contributed by atoms with Crippen LogP contribution in [0.3, 0.4) is 0 Å². The molecule has 0 aromatic heterocycles. The number of carbonyl (C=O) groups is 2. The lowest BCUT2D eigenvalue weighted by atomic mass is 9.76. The monoisotopic (exact) mass is 296 g/mol. The summed E-state index contributed by atoms with van der Waals surface area (Å²) in [5.41, 5.74) is -0.765. The molecule has 0 atom stereocenters. The SMILES string of the molecule is CCC1(C(=O)O)CCN(CC(=O)NCC(F)(F)F)CC1. The van der Waals surface area contributed by atoms with Crippen LogP contribution in [0.15, 0.2) is 0 Å². The van der Waals surface area contributed by atoms with Crippen LogP contribution in [0.25, 0.3) is 0 Å². The summed E-state index contributed by atoms with van der Waals surface area (Å²) in [5, 5.41) is 11.0. The second kappa shape index (κ2) is 6.43. The van der Waals surface area contributed by atoms with Crippen molar-refractivity contribution in [3.63, 3.8) is 0 Å². The molecule has 8 heteroatoms. The molecule has 1 aliphatic heterocycles. The molecule has 0 bridgehead atoms. The molecule has 5 nitrogen and oxygen atoms in total. The average Bonchev–Trinajstić information content (AvgIpc) is 2.36. The Morgan fingerprint density at radius 1 is 1.30 bits per heavy atom. The Balaban J connectivity index is 2.39. The third-order valence-corrected chi connectivity index (χ3v) is 3.80. The highest BCUT2D eigenvalue weighted by atomic mass is 19.4. The van der Waals surface area contributed by atoms with Crippen LogP contribution < -0.4 is 5.32 Å². The summed E-state index contributed by atoms with van der Waals surface area (Å²) in [6.45, 7) is 1.14. The minimum atomic E-state index is -4.42. The molecule has 0 saturated carbocycles. The van der Waals surface area contributed by atoms with Gasteiger partial charge in [0.25, 0.3) is 0 Å². The molecule has 20 heavy (non-hydrogen) atoms. The highest BCUT2D eigenvalue weighted by molar-refractivity contribution is 5.78.